The Balaban J connectivity index is -0.000000171. The van der Waals surface area contributed by atoms with Gasteiger partial charge in [-0.3, -0.25) is 0 Å². The van der Waals surface area contributed by atoms with E-state index in [0.29, 0.717) is 5.46 Å². The molecule has 0 spiro atoms. The van der Waals surface area contributed by atoms with E-state index >= 15 is 0 Å². The SMILES string of the molecule is CC.[B]c1cccc(C(C)(O)C#CC)c1.[Br-].[C-]#C.[Mg+2]. The maximum absolute atomic E-state index is 9.88. The first-order valence-electron chi connectivity index (χ1n) is 5.37. The van der Waals surface area contributed by atoms with Crippen LogP contribution in [0.1, 0.15) is 33.3 Å². The number of aliphatic hydroxyl groups is 1. The molecular formula is C15H18BBrMgO. The van der Waals surface area contributed by atoms with E-state index in [1.54, 1.807) is 38.1 Å². The molecule has 0 aliphatic carbocycles. The van der Waals surface area contributed by atoms with E-state index in [9.17, 15) is 5.11 Å². The van der Waals surface area contributed by atoms with Gasteiger partial charge in [-0.15, -0.1) is 5.92 Å². The maximum atomic E-state index is 9.88. The minimum absolute atomic E-state index is 0. The fourth-order valence-corrected chi connectivity index (χ4v) is 1.16. The zero-order chi connectivity index (χ0) is 13.9. The molecule has 0 aliphatic rings. The molecule has 19 heavy (non-hydrogen) atoms. The number of benzene rings is 1. The van der Waals surface area contributed by atoms with Crippen LogP contribution in [0.15, 0.2) is 24.3 Å². The van der Waals surface area contributed by atoms with Crippen LogP contribution in [-0.4, -0.2) is 36.0 Å². The number of terminal acetylenes is 1. The second-order valence-corrected chi connectivity index (χ2v) is 3.07. The average molecular weight is 329 g/mol. The van der Waals surface area contributed by atoms with Gasteiger partial charge in [-0.1, -0.05) is 49.5 Å². The largest absolute Gasteiger partial charge is 2.00 e. The Morgan fingerprint density at radius 3 is 2.16 bits per heavy atom. The first-order chi connectivity index (χ1) is 8.06. The summed E-state index contributed by atoms with van der Waals surface area (Å²) in [6.07, 6.45) is 9.00. The Morgan fingerprint density at radius 2 is 1.79 bits per heavy atom. The van der Waals surface area contributed by atoms with Crippen molar-refractivity contribution in [2.75, 3.05) is 0 Å². The fourth-order valence-electron chi connectivity index (χ4n) is 1.16. The van der Waals surface area contributed by atoms with Gasteiger partial charge in [0.05, 0.1) is 0 Å². The molecule has 1 aromatic carbocycles. The summed E-state index contributed by atoms with van der Waals surface area (Å²) in [5.41, 5.74) is 0.252. The minimum Gasteiger partial charge on any atom is -1.00 e. The van der Waals surface area contributed by atoms with E-state index in [4.69, 9.17) is 14.3 Å². The number of halogens is 1. The zero-order valence-electron chi connectivity index (χ0n) is 12.0. The molecule has 0 fully saturated rings. The van der Waals surface area contributed by atoms with Crippen LogP contribution in [0, 0.1) is 24.7 Å². The van der Waals surface area contributed by atoms with Gasteiger partial charge in [0.2, 0.25) is 0 Å². The summed E-state index contributed by atoms with van der Waals surface area (Å²) in [7, 11) is 5.59. The maximum Gasteiger partial charge on any atom is 2.00 e. The molecule has 0 aliphatic heterocycles. The zero-order valence-corrected chi connectivity index (χ0v) is 15.0. The minimum atomic E-state index is -1.11. The van der Waals surface area contributed by atoms with E-state index in [1.807, 2.05) is 13.8 Å². The summed E-state index contributed by atoms with van der Waals surface area (Å²) < 4.78 is 0. The molecular weight excluding hydrogens is 311 g/mol. The van der Waals surface area contributed by atoms with Gasteiger partial charge in [-0.2, -0.15) is 0 Å². The van der Waals surface area contributed by atoms with Crippen molar-refractivity contribution < 1.29 is 22.1 Å². The molecule has 96 valence electrons. The van der Waals surface area contributed by atoms with Gasteiger partial charge in [-0.25, -0.2) is 0 Å². The monoisotopic (exact) mass is 328 g/mol. The summed E-state index contributed by atoms with van der Waals surface area (Å²) in [6, 6.07) is 7.11. The van der Waals surface area contributed by atoms with Crippen LogP contribution >= 0.6 is 0 Å². The van der Waals surface area contributed by atoms with E-state index in [0.717, 1.165) is 5.56 Å². The van der Waals surface area contributed by atoms with Crippen LogP contribution in [-0.2, 0) is 5.60 Å². The molecule has 0 saturated carbocycles. The van der Waals surface area contributed by atoms with E-state index in [2.05, 4.69) is 18.3 Å². The predicted octanol–water partition coefficient (Wildman–Crippen LogP) is -1.43. The van der Waals surface area contributed by atoms with Crippen molar-refractivity contribution in [1.82, 2.24) is 0 Å². The van der Waals surface area contributed by atoms with Crippen LogP contribution in [0.2, 0.25) is 0 Å². The normalized spacial score (nSPS) is 10.1. The molecule has 1 N–H and O–H groups in total. The summed E-state index contributed by atoms with van der Waals surface area (Å²) in [4.78, 5) is 0. The smallest absolute Gasteiger partial charge is 1.00 e. The van der Waals surface area contributed by atoms with Crippen molar-refractivity contribution in [3.8, 4) is 18.3 Å². The topological polar surface area (TPSA) is 20.2 Å². The molecule has 1 rings (SSSR count). The molecule has 0 amide bonds. The molecule has 1 atom stereocenters. The molecule has 1 unspecified atom stereocenters. The van der Waals surface area contributed by atoms with Gasteiger partial charge in [0.25, 0.3) is 0 Å². The molecule has 0 saturated heterocycles. The standard InChI is InChI=1S/C11H11BO.C2H6.C2H.BrH.Mg/c1-3-7-11(2,13)9-5-4-6-10(12)8-9;2*1-2;;/h4-6,8,13H,1-2H3;1-2H3;1H;1H;/q;;-1;;+2/p-1. The summed E-state index contributed by atoms with van der Waals surface area (Å²) >= 11 is 0. The summed E-state index contributed by atoms with van der Waals surface area (Å²) in [6.45, 7) is 7.35. The molecule has 0 heterocycles. The van der Waals surface area contributed by atoms with Crippen LogP contribution in [0.4, 0.5) is 0 Å². The van der Waals surface area contributed by atoms with Crippen molar-refractivity contribution in [1.29, 1.82) is 0 Å². The molecule has 0 aromatic heterocycles. The van der Waals surface area contributed by atoms with Crippen LogP contribution in [0.3, 0.4) is 0 Å². The molecule has 0 bridgehead atoms. The third-order valence-corrected chi connectivity index (χ3v) is 1.82. The van der Waals surface area contributed by atoms with Gasteiger partial charge in [0.1, 0.15) is 13.4 Å². The van der Waals surface area contributed by atoms with E-state index in [1.165, 1.54) is 0 Å². The summed E-state index contributed by atoms with van der Waals surface area (Å²) in [5, 5.41) is 9.88. The third-order valence-electron chi connectivity index (χ3n) is 1.82. The Morgan fingerprint density at radius 1 is 1.32 bits per heavy atom. The average Bonchev–Trinajstić information content (AvgIpc) is 2.34. The van der Waals surface area contributed by atoms with Crippen LogP contribution in [0.25, 0.3) is 0 Å². The first-order valence-corrected chi connectivity index (χ1v) is 5.37. The summed E-state index contributed by atoms with van der Waals surface area (Å²) in [5.74, 6) is 5.40. The van der Waals surface area contributed by atoms with Gasteiger partial charge < -0.3 is 34.9 Å². The fraction of sp³-hybridized carbons (Fsp3) is 0.333. The number of hydrogen-bond donors (Lipinski definition) is 1. The Labute approximate surface area is 145 Å². The quantitative estimate of drug-likeness (QED) is 0.380. The predicted molar refractivity (Wildman–Crippen MR) is 80.1 cm³/mol. The van der Waals surface area contributed by atoms with Gasteiger partial charge in [0, 0.05) is 0 Å². The van der Waals surface area contributed by atoms with E-state index < -0.39 is 5.60 Å². The number of hydrogen-bond acceptors (Lipinski definition) is 1. The molecule has 2 radical (unpaired) electrons. The van der Waals surface area contributed by atoms with Crippen molar-refractivity contribution in [2.45, 2.75) is 33.3 Å². The molecule has 1 nitrogen and oxygen atoms in total. The van der Waals surface area contributed by atoms with Gasteiger partial charge in [0.15, 0.2) is 0 Å². The van der Waals surface area contributed by atoms with Gasteiger partial charge >= 0.3 is 23.1 Å². The van der Waals surface area contributed by atoms with Crippen molar-refractivity contribution in [3.05, 3.63) is 36.3 Å². The molecule has 4 heteroatoms. The Hall–Kier alpha value is -0.389. The second kappa shape index (κ2) is 15.7. The Kier molecular flexibility index (Phi) is 22.3. The molecule has 1 aromatic rings. The van der Waals surface area contributed by atoms with Crippen LogP contribution in [0.5, 0.6) is 0 Å². The Bertz CT molecular complexity index is 405. The van der Waals surface area contributed by atoms with Crippen molar-refractivity contribution in [3.63, 3.8) is 0 Å². The second-order valence-electron chi connectivity index (χ2n) is 3.07. The van der Waals surface area contributed by atoms with Gasteiger partial charge in [-0.05, 0) is 19.4 Å². The van der Waals surface area contributed by atoms with E-state index in [-0.39, 0.29) is 40.0 Å². The van der Waals surface area contributed by atoms with Crippen LogP contribution < -0.4 is 22.4 Å². The third kappa shape index (κ3) is 11.2. The number of rotatable bonds is 1. The van der Waals surface area contributed by atoms with Crippen molar-refractivity contribution >= 4 is 36.4 Å². The first kappa shape index (κ1) is 27.0. The van der Waals surface area contributed by atoms with Crippen molar-refractivity contribution in [2.24, 2.45) is 0 Å².